The quantitative estimate of drug-likeness (QED) is 0.0512. The van der Waals surface area contributed by atoms with E-state index in [1.807, 2.05) is 26.0 Å². The van der Waals surface area contributed by atoms with Crippen LogP contribution in [-0.2, 0) is 22.4 Å². The van der Waals surface area contributed by atoms with Crippen molar-refractivity contribution in [3.63, 3.8) is 0 Å². The van der Waals surface area contributed by atoms with E-state index in [-0.39, 0.29) is 46.3 Å². The summed E-state index contributed by atoms with van der Waals surface area (Å²) in [5, 5.41) is 21.2. The van der Waals surface area contributed by atoms with Crippen molar-refractivity contribution in [2.75, 3.05) is 0 Å². The molecule has 2 aromatic carbocycles. The summed E-state index contributed by atoms with van der Waals surface area (Å²) in [7, 11) is 0. The Balaban J connectivity index is 1.63. The van der Waals surface area contributed by atoms with E-state index in [4.69, 9.17) is 0 Å². The average molecular weight is 695 g/mol. The van der Waals surface area contributed by atoms with Crippen LogP contribution in [0.4, 0.5) is 0 Å². The van der Waals surface area contributed by atoms with Crippen LogP contribution >= 0.6 is 0 Å². The number of carbonyl (C=O) groups excluding carboxylic acids is 4. The molecule has 0 saturated heterocycles. The van der Waals surface area contributed by atoms with Gasteiger partial charge in [-0.25, -0.2) is 0 Å². The van der Waals surface area contributed by atoms with E-state index in [0.717, 1.165) is 75.3 Å². The third-order valence-corrected chi connectivity index (χ3v) is 9.35. The Morgan fingerprint density at radius 1 is 0.520 bits per heavy atom. The minimum absolute atomic E-state index is 0.0380. The molecule has 4 amide bonds. The number of hydrogen-bond donors (Lipinski definition) is 6. The minimum Gasteiger partial charge on any atom is -0.507 e. The highest BCUT2D eigenvalue weighted by Gasteiger charge is 2.19. The molecule has 2 atom stereocenters. The monoisotopic (exact) mass is 694 g/mol. The van der Waals surface area contributed by atoms with E-state index < -0.39 is 11.8 Å². The molecule has 0 aliphatic carbocycles. The predicted octanol–water partition coefficient (Wildman–Crippen LogP) is 7.96. The van der Waals surface area contributed by atoms with Gasteiger partial charge in [0.15, 0.2) is 0 Å². The predicted molar refractivity (Wildman–Crippen MR) is 198 cm³/mol. The van der Waals surface area contributed by atoms with Crippen LogP contribution in [0.2, 0.25) is 0 Å². The van der Waals surface area contributed by atoms with Gasteiger partial charge < -0.3 is 10.2 Å². The lowest BCUT2D eigenvalue weighted by Crippen LogP contribution is -2.44. The van der Waals surface area contributed by atoms with E-state index in [1.54, 1.807) is 24.3 Å². The zero-order valence-corrected chi connectivity index (χ0v) is 30.9. The molecule has 0 aliphatic rings. The molecule has 0 heterocycles. The summed E-state index contributed by atoms with van der Waals surface area (Å²) in [5.74, 6) is -2.38. The van der Waals surface area contributed by atoms with Gasteiger partial charge in [-0.2, -0.15) is 0 Å². The molecule has 0 aromatic heterocycles. The zero-order chi connectivity index (χ0) is 36.7. The highest BCUT2D eigenvalue weighted by molar-refractivity contribution is 5.99. The van der Waals surface area contributed by atoms with Crippen LogP contribution in [0, 0.1) is 11.8 Å². The fourth-order valence-electron chi connectivity index (χ4n) is 5.93. The van der Waals surface area contributed by atoms with Crippen molar-refractivity contribution in [3.8, 4) is 11.5 Å². The first-order valence-electron chi connectivity index (χ1n) is 18.9. The number of phenolic OH excluding ortho intramolecular Hbond substituents is 2. The molecule has 2 rings (SSSR count). The molecule has 0 radical (unpaired) electrons. The van der Waals surface area contributed by atoms with Crippen LogP contribution in [-0.4, -0.2) is 33.8 Å². The Kier molecular flexibility index (Phi) is 20.3. The maximum absolute atomic E-state index is 12.7. The summed E-state index contributed by atoms with van der Waals surface area (Å²) in [6.07, 6.45) is 17.2. The molecular weight excluding hydrogens is 632 g/mol. The van der Waals surface area contributed by atoms with Gasteiger partial charge in [0.1, 0.15) is 11.5 Å². The van der Waals surface area contributed by atoms with E-state index in [1.165, 1.54) is 25.7 Å². The Morgan fingerprint density at radius 3 is 1.26 bits per heavy atom. The zero-order valence-electron chi connectivity index (χ0n) is 30.9. The number of para-hydroxylation sites is 2. The van der Waals surface area contributed by atoms with Crippen molar-refractivity contribution in [1.82, 2.24) is 21.7 Å². The third-order valence-electron chi connectivity index (χ3n) is 9.35. The number of amides is 4. The summed E-state index contributed by atoms with van der Waals surface area (Å²) in [5.41, 5.74) is 11.6. The summed E-state index contributed by atoms with van der Waals surface area (Å²) in [4.78, 5) is 50.5. The van der Waals surface area contributed by atoms with Crippen molar-refractivity contribution in [2.24, 2.45) is 11.8 Å². The molecule has 50 heavy (non-hydrogen) atoms. The number of nitrogens with one attached hydrogen (secondary N) is 4. The number of unbranched alkanes of at least 4 members (excludes halogenated alkanes) is 11. The molecule has 2 aromatic rings. The molecule has 0 aliphatic heterocycles. The van der Waals surface area contributed by atoms with E-state index in [0.29, 0.717) is 25.7 Å². The van der Waals surface area contributed by atoms with E-state index in [2.05, 4.69) is 35.6 Å². The lowest BCUT2D eigenvalue weighted by Gasteiger charge is -2.15. The number of carbonyl (C=O) groups is 4. The standard InChI is InChI=1S/C40H62N4O6/c1-5-7-9-11-17-23-31-25-19-27-33(35(31)45)39(49)43-41-37(47)29(3)21-15-13-14-16-22-30(4)38(48)42-44-40(50)34-28-20-26-32(36(34)46)24-18-12-10-8-6-2/h19-20,25-30,45-46H,5-18,21-24H2,1-4H3,(H,41,47)(H,42,48)(H,43,49)(H,44,50). The van der Waals surface area contributed by atoms with Gasteiger partial charge in [0.2, 0.25) is 11.8 Å². The normalized spacial score (nSPS) is 12.2. The van der Waals surface area contributed by atoms with Crippen LogP contribution in [0.5, 0.6) is 11.5 Å². The summed E-state index contributed by atoms with van der Waals surface area (Å²) >= 11 is 0. The number of hydrazine groups is 2. The van der Waals surface area contributed by atoms with Crippen LogP contribution in [0.3, 0.4) is 0 Å². The first-order chi connectivity index (χ1) is 24.1. The summed E-state index contributed by atoms with van der Waals surface area (Å²) < 4.78 is 0. The maximum Gasteiger partial charge on any atom is 0.273 e. The molecule has 2 unspecified atom stereocenters. The average Bonchev–Trinajstić information content (AvgIpc) is 3.11. The second-order valence-corrected chi connectivity index (χ2v) is 13.6. The number of rotatable bonds is 23. The van der Waals surface area contributed by atoms with Gasteiger partial charge in [0.05, 0.1) is 11.1 Å². The molecule has 10 nitrogen and oxygen atoms in total. The Hall–Kier alpha value is -4.08. The number of benzene rings is 2. The number of aromatic hydroxyl groups is 2. The Labute approximate surface area is 299 Å². The summed E-state index contributed by atoms with van der Waals surface area (Å²) in [6.45, 7) is 7.95. The molecule has 0 spiro atoms. The van der Waals surface area contributed by atoms with Crippen molar-refractivity contribution < 1.29 is 29.4 Å². The second-order valence-electron chi connectivity index (χ2n) is 13.6. The largest absolute Gasteiger partial charge is 0.507 e. The SMILES string of the molecule is CCCCCCCc1cccc(C(=O)NNC(=O)C(C)CCCCCCC(C)C(=O)NNC(=O)c2cccc(CCCCCCC)c2O)c1O. The Bertz CT molecular complexity index is 1250. The highest BCUT2D eigenvalue weighted by Crippen LogP contribution is 2.26. The molecule has 0 saturated carbocycles. The number of aryl methyl sites for hydroxylation is 2. The molecule has 0 bridgehead atoms. The Morgan fingerprint density at radius 2 is 0.880 bits per heavy atom. The van der Waals surface area contributed by atoms with Gasteiger partial charge in [0.25, 0.3) is 11.8 Å². The molecular formula is C40H62N4O6. The molecule has 10 heteroatoms. The first-order valence-corrected chi connectivity index (χ1v) is 18.9. The third kappa shape index (κ3) is 15.2. The lowest BCUT2D eigenvalue weighted by atomic mass is 9.99. The lowest BCUT2D eigenvalue weighted by molar-refractivity contribution is -0.126. The van der Waals surface area contributed by atoms with Gasteiger partial charge in [-0.3, -0.25) is 40.9 Å². The van der Waals surface area contributed by atoms with Gasteiger partial charge >= 0.3 is 0 Å². The topological polar surface area (TPSA) is 157 Å². The van der Waals surface area contributed by atoms with Gasteiger partial charge in [-0.05, 0) is 61.8 Å². The fraction of sp³-hybridized carbons (Fsp3) is 0.600. The molecule has 6 N–H and O–H groups in total. The van der Waals surface area contributed by atoms with Crippen LogP contribution in [0.25, 0.3) is 0 Å². The van der Waals surface area contributed by atoms with Gasteiger partial charge in [-0.1, -0.05) is 129 Å². The van der Waals surface area contributed by atoms with Gasteiger partial charge in [0, 0.05) is 11.8 Å². The summed E-state index contributed by atoms with van der Waals surface area (Å²) in [6, 6.07) is 10.2. The van der Waals surface area contributed by atoms with Crippen LogP contribution < -0.4 is 21.7 Å². The first kappa shape index (κ1) is 42.1. The number of phenols is 2. The van der Waals surface area contributed by atoms with Crippen molar-refractivity contribution in [2.45, 2.75) is 143 Å². The van der Waals surface area contributed by atoms with E-state index in [9.17, 15) is 29.4 Å². The second kappa shape index (κ2) is 24.1. The molecule has 0 fully saturated rings. The maximum atomic E-state index is 12.7. The fourth-order valence-corrected chi connectivity index (χ4v) is 5.93. The minimum atomic E-state index is -0.551. The van der Waals surface area contributed by atoms with Crippen molar-refractivity contribution >= 4 is 23.6 Å². The molecule has 278 valence electrons. The van der Waals surface area contributed by atoms with Crippen molar-refractivity contribution in [3.05, 3.63) is 58.7 Å². The van der Waals surface area contributed by atoms with Crippen LogP contribution in [0.15, 0.2) is 36.4 Å². The number of hydrogen-bond acceptors (Lipinski definition) is 6. The van der Waals surface area contributed by atoms with Crippen LogP contribution in [0.1, 0.15) is 162 Å². The van der Waals surface area contributed by atoms with Crippen molar-refractivity contribution in [1.29, 1.82) is 0 Å². The highest BCUT2D eigenvalue weighted by atomic mass is 16.3. The van der Waals surface area contributed by atoms with Gasteiger partial charge in [-0.15, -0.1) is 0 Å². The van der Waals surface area contributed by atoms with E-state index >= 15 is 0 Å². The smallest absolute Gasteiger partial charge is 0.273 e.